The van der Waals surface area contributed by atoms with Crippen molar-refractivity contribution < 1.29 is 9.53 Å². The Bertz CT molecular complexity index is 373. The van der Waals surface area contributed by atoms with Gasteiger partial charge in [-0.3, -0.25) is 4.79 Å². The molecule has 0 saturated heterocycles. The number of rotatable bonds is 5. The van der Waals surface area contributed by atoms with Crippen molar-refractivity contribution in [1.29, 1.82) is 0 Å². The zero-order valence-corrected chi connectivity index (χ0v) is 12.1. The van der Waals surface area contributed by atoms with Crippen LogP contribution in [0.3, 0.4) is 0 Å². The largest absolute Gasteiger partial charge is 0.383 e. The van der Waals surface area contributed by atoms with Crippen molar-refractivity contribution >= 4 is 21.8 Å². The number of ether oxygens (including phenoxy) is 1. The van der Waals surface area contributed by atoms with Crippen LogP contribution in [0.4, 0.5) is 0 Å². The summed E-state index contributed by atoms with van der Waals surface area (Å²) in [5.74, 6) is 0.0500. The quantitative estimate of drug-likeness (QED) is 0.837. The summed E-state index contributed by atoms with van der Waals surface area (Å²) in [5.41, 5.74) is 1.79. The molecule has 3 nitrogen and oxygen atoms in total. The van der Waals surface area contributed by atoms with Crippen LogP contribution < -0.4 is 0 Å². The number of hydrogen-bond donors (Lipinski definition) is 0. The Labute approximate surface area is 111 Å². The highest BCUT2D eigenvalue weighted by molar-refractivity contribution is 9.10. The summed E-state index contributed by atoms with van der Waals surface area (Å²) >= 11 is 3.41. The van der Waals surface area contributed by atoms with Gasteiger partial charge in [0.05, 0.1) is 6.61 Å². The van der Waals surface area contributed by atoms with E-state index in [1.165, 1.54) is 0 Å². The summed E-state index contributed by atoms with van der Waals surface area (Å²) in [6.45, 7) is 5.82. The molecule has 0 unspecified atom stereocenters. The first-order chi connectivity index (χ1) is 8.08. The van der Waals surface area contributed by atoms with Crippen molar-refractivity contribution in [3.63, 3.8) is 0 Å². The van der Waals surface area contributed by atoms with E-state index in [2.05, 4.69) is 15.9 Å². The van der Waals surface area contributed by atoms with Gasteiger partial charge in [0.1, 0.15) is 0 Å². The fourth-order valence-corrected chi connectivity index (χ4v) is 2.25. The first-order valence-electron chi connectivity index (χ1n) is 5.64. The zero-order valence-electron chi connectivity index (χ0n) is 10.5. The van der Waals surface area contributed by atoms with E-state index < -0.39 is 0 Å². The van der Waals surface area contributed by atoms with Crippen LogP contribution >= 0.6 is 15.9 Å². The van der Waals surface area contributed by atoms with Crippen LogP contribution in [-0.4, -0.2) is 37.6 Å². The van der Waals surface area contributed by atoms with E-state index in [0.717, 1.165) is 15.6 Å². The molecule has 1 rings (SSSR count). The predicted molar refractivity (Wildman–Crippen MR) is 72.3 cm³/mol. The summed E-state index contributed by atoms with van der Waals surface area (Å²) in [6.07, 6.45) is 0. The molecule has 0 heterocycles. The van der Waals surface area contributed by atoms with Crippen molar-refractivity contribution in [2.45, 2.75) is 13.8 Å². The SMILES string of the molecule is CCN(CCOC)C(=O)c1cc(C)cc(Br)c1. The maximum absolute atomic E-state index is 12.2. The van der Waals surface area contributed by atoms with Crippen LogP contribution in [0.25, 0.3) is 0 Å². The summed E-state index contributed by atoms with van der Waals surface area (Å²) in [6, 6.07) is 5.75. The second-order valence-corrected chi connectivity index (χ2v) is 4.81. The topological polar surface area (TPSA) is 29.5 Å². The third kappa shape index (κ3) is 4.13. The molecule has 1 amide bonds. The third-order valence-electron chi connectivity index (χ3n) is 2.52. The van der Waals surface area contributed by atoms with E-state index in [1.54, 1.807) is 12.0 Å². The highest BCUT2D eigenvalue weighted by Crippen LogP contribution is 2.16. The molecule has 0 radical (unpaired) electrons. The molecule has 0 atom stereocenters. The van der Waals surface area contributed by atoms with Crippen molar-refractivity contribution in [3.8, 4) is 0 Å². The molecule has 1 aromatic carbocycles. The number of hydrogen-bond acceptors (Lipinski definition) is 2. The Morgan fingerprint density at radius 2 is 2.12 bits per heavy atom. The van der Waals surface area contributed by atoms with Crippen molar-refractivity contribution in [1.82, 2.24) is 4.90 Å². The molecule has 0 aliphatic carbocycles. The van der Waals surface area contributed by atoms with Gasteiger partial charge in [0.25, 0.3) is 5.91 Å². The summed E-state index contributed by atoms with van der Waals surface area (Å²) in [5, 5.41) is 0. The monoisotopic (exact) mass is 299 g/mol. The van der Waals surface area contributed by atoms with Crippen LogP contribution in [0.1, 0.15) is 22.8 Å². The smallest absolute Gasteiger partial charge is 0.253 e. The minimum absolute atomic E-state index is 0.0500. The highest BCUT2D eigenvalue weighted by atomic mass is 79.9. The molecule has 0 spiro atoms. The van der Waals surface area contributed by atoms with Gasteiger partial charge in [-0.05, 0) is 37.6 Å². The number of halogens is 1. The van der Waals surface area contributed by atoms with E-state index in [0.29, 0.717) is 19.7 Å². The number of aryl methyl sites for hydroxylation is 1. The van der Waals surface area contributed by atoms with Gasteiger partial charge in [-0.2, -0.15) is 0 Å². The average Bonchev–Trinajstić information content (AvgIpc) is 2.28. The molecule has 0 aliphatic heterocycles. The number of methoxy groups -OCH3 is 1. The lowest BCUT2D eigenvalue weighted by Crippen LogP contribution is -2.33. The molecule has 0 aromatic heterocycles. The van der Waals surface area contributed by atoms with Crippen LogP contribution in [0.2, 0.25) is 0 Å². The maximum atomic E-state index is 12.2. The number of nitrogens with zero attached hydrogens (tertiary/aromatic N) is 1. The molecule has 94 valence electrons. The number of likely N-dealkylation sites (N-methyl/N-ethyl adjacent to an activating group) is 1. The zero-order chi connectivity index (χ0) is 12.8. The van der Waals surface area contributed by atoms with Gasteiger partial charge >= 0.3 is 0 Å². The van der Waals surface area contributed by atoms with Gasteiger partial charge < -0.3 is 9.64 Å². The molecular formula is C13H18BrNO2. The fraction of sp³-hybridized carbons (Fsp3) is 0.462. The molecule has 4 heteroatoms. The van der Waals surface area contributed by atoms with Crippen molar-refractivity contribution in [3.05, 3.63) is 33.8 Å². The average molecular weight is 300 g/mol. The predicted octanol–water partition coefficient (Wildman–Crippen LogP) is 2.87. The van der Waals surface area contributed by atoms with E-state index in [-0.39, 0.29) is 5.91 Å². The maximum Gasteiger partial charge on any atom is 0.253 e. The lowest BCUT2D eigenvalue weighted by atomic mass is 10.1. The normalized spacial score (nSPS) is 10.4. The second kappa shape index (κ2) is 6.77. The van der Waals surface area contributed by atoms with E-state index in [1.807, 2.05) is 32.0 Å². The molecule has 0 fully saturated rings. The van der Waals surface area contributed by atoms with Crippen molar-refractivity contribution in [2.75, 3.05) is 26.8 Å². The van der Waals surface area contributed by atoms with Gasteiger partial charge in [0.2, 0.25) is 0 Å². The first-order valence-corrected chi connectivity index (χ1v) is 6.43. The summed E-state index contributed by atoms with van der Waals surface area (Å²) in [7, 11) is 1.64. The van der Waals surface area contributed by atoms with Crippen LogP contribution in [0, 0.1) is 6.92 Å². The Kier molecular flexibility index (Phi) is 5.65. The molecular weight excluding hydrogens is 282 g/mol. The van der Waals surface area contributed by atoms with Crippen LogP contribution in [-0.2, 0) is 4.74 Å². The molecule has 0 saturated carbocycles. The van der Waals surface area contributed by atoms with E-state index in [4.69, 9.17) is 4.74 Å². The van der Waals surface area contributed by atoms with Crippen LogP contribution in [0.5, 0.6) is 0 Å². The number of carbonyl (C=O) groups is 1. The minimum Gasteiger partial charge on any atom is -0.383 e. The van der Waals surface area contributed by atoms with E-state index in [9.17, 15) is 4.79 Å². The summed E-state index contributed by atoms with van der Waals surface area (Å²) < 4.78 is 5.94. The Balaban J connectivity index is 2.85. The second-order valence-electron chi connectivity index (χ2n) is 3.89. The van der Waals surface area contributed by atoms with Crippen LogP contribution in [0.15, 0.2) is 22.7 Å². The van der Waals surface area contributed by atoms with Gasteiger partial charge in [-0.25, -0.2) is 0 Å². The minimum atomic E-state index is 0.0500. The number of carbonyl (C=O) groups excluding carboxylic acids is 1. The van der Waals surface area contributed by atoms with E-state index >= 15 is 0 Å². The Hall–Kier alpha value is -0.870. The first kappa shape index (κ1) is 14.2. The third-order valence-corrected chi connectivity index (χ3v) is 2.98. The molecule has 1 aromatic rings. The van der Waals surface area contributed by atoms with Gasteiger partial charge in [0.15, 0.2) is 0 Å². The molecule has 0 N–H and O–H groups in total. The van der Waals surface area contributed by atoms with Gasteiger partial charge in [-0.15, -0.1) is 0 Å². The lowest BCUT2D eigenvalue weighted by Gasteiger charge is -2.20. The Morgan fingerprint density at radius 3 is 2.65 bits per heavy atom. The molecule has 0 bridgehead atoms. The summed E-state index contributed by atoms with van der Waals surface area (Å²) in [4.78, 5) is 14.0. The lowest BCUT2D eigenvalue weighted by molar-refractivity contribution is 0.0706. The standard InChI is InChI=1S/C13H18BrNO2/c1-4-15(5-6-17-3)13(16)11-7-10(2)8-12(14)9-11/h7-9H,4-6H2,1-3H3. The Morgan fingerprint density at radius 1 is 1.41 bits per heavy atom. The molecule has 0 aliphatic rings. The van der Waals surface area contributed by atoms with Crippen molar-refractivity contribution in [2.24, 2.45) is 0 Å². The highest BCUT2D eigenvalue weighted by Gasteiger charge is 2.14. The fourth-order valence-electron chi connectivity index (χ4n) is 1.65. The number of amides is 1. The van der Waals surface area contributed by atoms with Gasteiger partial charge in [0, 0.05) is 30.2 Å². The molecule has 17 heavy (non-hydrogen) atoms. The number of benzene rings is 1. The van der Waals surface area contributed by atoms with Gasteiger partial charge in [-0.1, -0.05) is 15.9 Å².